The number of carbonyl (C=O) groups is 1. The fourth-order valence-corrected chi connectivity index (χ4v) is 8.90. The lowest BCUT2D eigenvalue weighted by atomic mass is 10.0. The summed E-state index contributed by atoms with van der Waals surface area (Å²) in [5.41, 5.74) is -1.53. The second-order valence-electron chi connectivity index (χ2n) is 8.32. The van der Waals surface area contributed by atoms with Crippen LogP contribution >= 0.6 is 0 Å². The lowest BCUT2D eigenvalue weighted by Crippen LogP contribution is -2.76. The zero-order valence-electron chi connectivity index (χ0n) is 18.8. The Balaban J connectivity index is 1.91. The molecule has 0 spiro atoms. The maximum atomic E-state index is 16.0. The largest absolute Gasteiger partial charge is 0.416 e. The molecule has 0 heterocycles. The first-order valence-corrected chi connectivity index (χ1v) is 13.0. The third-order valence-corrected chi connectivity index (χ3v) is 10.8. The smallest absolute Gasteiger partial charge is 0.382 e. The number of benzene rings is 4. The number of alkyl halides is 5. The fourth-order valence-electron chi connectivity index (χ4n) is 4.40. The number of rotatable bonds is 7. The lowest BCUT2D eigenvalue weighted by Gasteiger charge is -2.36. The molecule has 2 nitrogen and oxygen atoms in total. The lowest BCUT2D eigenvalue weighted by molar-refractivity contribution is -0.153. The van der Waals surface area contributed by atoms with Crippen molar-refractivity contribution in [2.75, 3.05) is 0 Å². The first-order chi connectivity index (χ1) is 17.1. The van der Waals surface area contributed by atoms with Gasteiger partial charge in [0.25, 0.3) is 0 Å². The van der Waals surface area contributed by atoms with Gasteiger partial charge in [-0.2, -0.15) is 22.0 Å². The quantitative estimate of drug-likeness (QED) is 0.222. The standard InChI is InChI=1S/C28H21F5O2Si/c29-27(30,25(34)20-16-18-21(19-17-20)28(31,32)33)26(35)36(22-10-4-1-5-11-22,23-12-6-2-7-13-23)24-14-8-3-9-15-24/h1-19,25,34H. The highest BCUT2D eigenvalue weighted by Gasteiger charge is 2.60. The van der Waals surface area contributed by atoms with Gasteiger partial charge in [-0.15, -0.1) is 0 Å². The molecule has 4 rings (SSSR count). The van der Waals surface area contributed by atoms with Crippen molar-refractivity contribution in [2.24, 2.45) is 0 Å². The minimum absolute atomic E-state index is 0.395. The van der Waals surface area contributed by atoms with E-state index < -0.39 is 42.8 Å². The molecule has 0 aliphatic carbocycles. The third kappa shape index (κ3) is 4.49. The van der Waals surface area contributed by atoms with Gasteiger partial charge in [-0.25, -0.2) is 0 Å². The zero-order valence-corrected chi connectivity index (χ0v) is 19.8. The Hall–Kier alpha value is -3.62. The topological polar surface area (TPSA) is 37.3 Å². The summed E-state index contributed by atoms with van der Waals surface area (Å²) in [6.07, 6.45) is -7.31. The van der Waals surface area contributed by atoms with Crippen molar-refractivity contribution >= 4 is 29.0 Å². The normalized spacial score (nSPS) is 13.3. The summed E-state index contributed by atoms with van der Waals surface area (Å²) < 4.78 is 70.8. The van der Waals surface area contributed by atoms with E-state index in [0.717, 1.165) is 12.1 Å². The number of carbonyl (C=O) groups excluding carboxylic acids is 1. The van der Waals surface area contributed by atoms with Crippen LogP contribution in [0.2, 0.25) is 0 Å². The first-order valence-electron chi connectivity index (χ1n) is 11.0. The zero-order chi connectivity index (χ0) is 26.0. The van der Waals surface area contributed by atoms with Crippen LogP contribution in [-0.2, 0) is 11.0 Å². The predicted molar refractivity (Wildman–Crippen MR) is 130 cm³/mol. The van der Waals surface area contributed by atoms with E-state index >= 15 is 8.78 Å². The van der Waals surface area contributed by atoms with E-state index in [1.54, 1.807) is 91.0 Å². The Kier molecular flexibility index (Phi) is 6.93. The van der Waals surface area contributed by atoms with E-state index in [1.807, 2.05) is 0 Å². The van der Waals surface area contributed by atoms with Crippen LogP contribution in [0.5, 0.6) is 0 Å². The highest BCUT2D eigenvalue weighted by molar-refractivity contribution is 7.30. The molecule has 1 unspecified atom stereocenters. The highest BCUT2D eigenvalue weighted by Crippen LogP contribution is 2.37. The minimum Gasteiger partial charge on any atom is -0.382 e. The van der Waals surface area contributed by atoms with Gasteiger partial charge in [0, 0.05) is 0 Å². The maximum Gasteiger partial charge on any atom is 0.416 e. The van der Waals surface area contributed by atoms with Crippen molar-refractivity contribution in [1.29, 1.82) is 0 Å². The van der Waals surface area contributed by atoms with Crippen LogP contribution in [-0.4, -0.2) is 24.5 Å². The Morgan fingerprint density at radius 2 is 0.972 bits per heavy atom. The van der Waals surface area contributed by atoms with Crippen LogP contribution in [0.25, 0.3) is 0 Å². The van der Waals surface area contributed by atoms with Crippen molar-refractivity contribution < 1.29 is 31.9 Å². The van der Waals surface area contributed by atoms with Gasteiger partial charge in [-0.3, -0.25) is 4.79 Å². The summed E-state index contributed by atoms with van der Waals surface area (Å²) in [5, 5.41) is 10.4. The molecular weight excluding hydrogens is 491 g/mol. The summed E-state index contributed by atoms with van der Waals surface area (Å²) in [5.74, 6) is -4.31. The fraction of sp³-hybridized carbons (Fsp3) is 0.107. The van der Waals surface area contributed by atoms with Gasteiger partial charge in [0.05, 0.1) is 5.56 Å². The molecule has 0 aromatic heterocycles. The molecular formula is C28H21F5O2Si. The second kappa shape index (κ2) is 9.79. The van der Waals surface area contributed by atoms with Crippen LogP contribution in [0.15, 0.2) is 115 Å². The van der Waals surface area contributed by atoms with Crippen LogP contribution in [0.1, 0.15) is 17.2 Å². The van der Waals surface area contributed by atoms with E-state index in [9.17, 15) is 23.1 Å². The van der Waals surface area contributed by atoms with Crippen molar-refractivity contribution in [3.05, 3.63) is 126 Å². The molecule has 0 aliphatic rings. The molecule has 8 heteroatoms. The van der Waals surface area contributed by atoms with Gasteiger partial charge < -0.3 is 5.11 Å². The summed E-state index contributed by atoms with van der Waals surface area (Å²) >= 11 is 0. The van der Waals surface area contributed by atoms with Crippen molar-refractivity contribution in [3.8, 4) is 0 Å². The molecule has 0 fully saturated rings. The molecule has 184 valence electrons. The van der Waals surface area contributed by atoms with E-state index in [0.29, 0.717) is 27.7 Å². The molecule has 0 saturated heterocycles. The van der Waals surface area contributed by atoms with Crippen molar-refractivity contribution in [1.82, 2.24) is 0 Å². The van der Waals surface area contributed by atoms with Crippen molar-refractivity contribution in [2.45, 2.75) is 18.2 Å². The number of hydrogen-bond donors (Lipinski definition) is 1. The molecule has 0 amide bonds. The van der Waals surface area contributed by atoms with E-state index in [1.165, 1.54) is 0 Å². The first kappa shape index (κ1) is 25.5. The van der Waals surface area contributed by atoms with Crippen LogP contribution in [0.3, 0.4) is 0 Å². The molecule has 0 radical (unpaired) electrons. The molecule has 4 aromatic rings. The Labute approximate surface area is 205 Å². The molecule has 0 bridgehead atoms. The van der Waals surface area contributed by atoms with Gasteiger partial charge in [0.15, 0.2) is 5.41 Å². The molecule has 1 N–H and O–H groups in total. The average Bonchev–Trinajstić information content (AvgIpc) is 2.90. The summed E-state index contributed by atoms with van der Waals surface area (Å²) in [6, 6.07) is 27.5. The van der Waals surface area contributed by atoms with Gasteiger partial charge in [-0.1, -0.05) is 103 Å². The number of aliphatic hydroxyl groups excluding tert-OH is 1. The predicted octanol–water partition coefficient (Wildman–Crippen LogP) is 4.65. The second-order valence-corrected chi connectivity index (χ2v) is 12.0. The highest BCUT2D eigenvalue weighted by atomic mass is 28.3. The SMILES string of the molecule is O=C(C(F)(F)C(O)c1ccc(C(F)(F)F)cc1)[Si](c1ccccc1)(c1ccccc1)c1ccccc1. The van der Waals surface area contributed by atoms with E-state index in [4.69, 9.17) is 0 Å². The summed E-state index contributed by atoms with van der Waals surface area (Å²) in [4.78, 5) is 14.1. The summed E-state index contributed by atoms with van der Waals surface area (Å²) in [7, 11) is -4.13. The third-order valence-electron chi connectivity index (χ3n) is 6.16. The molecule has 0 saturated carbocycles. The van der Waals surface area contributed by atoms with Gasteiger partial charge in [0.1, 0.15) is 6.10 Å². The van der Waals surface area contributed by atoms with E-state index in [2.05, 4.69) is 0 Å². The minimum atomic E-state index is -4.67. The van der Waals surface area contributed by atoms with Crippen LogP contribution < -0.4 is 15.6 Å². The van der Waals surface area contributed by atoms with E-state index in [-0.39, 0.29) is 0 Å². The van der Waals surface area contributed by atoms with Crippen LogP contribution in [0.4, 0.5) is 22.0 Å². The van der Waals surface area contributed by atoms with Gasteiger partial charge in [-0.05, 0) is 33.3 Å². The van der Waals surface area contributed by atoms with Gasteiger partial charge >= 0.3 is 12.1 Å². The molecule has 0 aliphatic heterocycles. The van der Waals surface area contributed by atoms with Gasteiger partial charge in [0.2, 0.25) is 8.07 Å². The number of aliphatic hydroxyl groups is 1. The Bertz CT molecular complexity index is 1210. The summed E-state index contributed by atoms with van der Waals surface area (Å²) in [6.45, 7) is 0. The monoisotopic (exact) mass is 512 g/mol. The Morgan fingerprint density at radius 3 is 1.31 bits per heavy atom. The van der Waals surface area contributed by atoms with Crippen molar-refractivity contribution in [3.63, 3.8) is 0 Å². The van der Waals surface area contributed by atoms with Crippen LogP contribution in [0, 0.1) is 0 Å². The number of halogens is 5. The average molecular weight is 513 g/mol. The molecule has 4 aromatic carbocycles. The Morgan fingerprint density at radius 1 is 0.611 bits per heavy atom. The molecule has 1 atom stereocenters. The maximum absolute atomic E-state index is 16.0. The number of hydrogen-bond acceptors (Lipinski definition) is 2. The molecule has 36 heavy (non-hydrogen) atoms.